The highest BCUT2D eigenvalue weighted by Gasteiger charge is 2.25. The van der Waals surface area contributed by atoms with Crippen molar-refractivity contribution in [3.05, 3.63) is 60.9 Å². The molecule has 5 rings (SSSR count). The fourth-order valence-electron chi connectivity index (χ4n) is 4.27. The van der Waals surface area contributed by atoms with Gasteiger partial charge in [0.15, 0.2) is 5.65 Å². The van der Waals surface area contributed by atoms with E-state index in [4.69, 9.17) is 9.84 Å². The summed E-state index contributed by atoms with van der Waals surface area (Å²) in [7, 11) is 0. The predicted octanol–water partition coefficient (Wildman–Crippen LogP) is 6.22. The molecule has 1 fully saturated rings. The molecule has 2 aromatic heterocycles. The predicted molar refractivity (Wildman–Crippen MR) is 124 cm³/mol. The molecule has 0 bridgehead atoms. The number of aromatic nitrogens is 4. The van der Waals surface area contributed by atoms with E-state index in [1.807, 2.05) is 42.5 Å². The Hall–Kier alpha value is -3.41. The largest absolute Gasteiger partial charge is 0.457 e. The van der Waals surface area contributed by atoms with Crippen LogP contribution < -0.4 is 10.1 Å². The average molecular weight is 414 g/mol. The zero-order chi connectivity index (χ0) is 21.2. The molecule has 6 nitrogen and oxygen atoms in total. The van der Waals surface area contributed by atoms with Crippen LogP contribution in [0.25, 0.3) is 22.3 Å². The monoisotopic (exact) mass is 413 g/mol. The number of anilines is 1. The maximum Gasteiger partial charge on any atom is 0.164 e. The van der Waals surface area contributed by atoms with E-state index in [1.54, 1.807) is 6.33 Å². The van der Waals surface area contributed by atoms with Gasteiger partial charge in [0.25, 0.3) is 0 Å². The van der Waals surface area contributed by atoms with Gasteiger partial charge >= 0.3 is 0 Å². The molecule has 1 aliphatic rings. The number of nitrogens with one attached hydrogen (secondary N) is 1. The number of hydrogen-bond donors (Lipinski definition) is 1. The molecular weight excluding hydrogens is 386 g/mol. The molecule has 0 aliphatic heterocycles. The highest BCUT2D eigenvalue weighted by molar-refractivity contribution is 5.99. The lowest BCUT2D eigenvalue weighted by molar-refractivity contribution is 0.479. The third-order valence-electron chi connectivity index (χ3n) is 5.69. The molecule has 1 saturated carbocycles. The number of rotatable bonds is 6. The molecule has 0 unspecified atom stereocenters. The molecule has 0 radical (unpaired) electrons. The van der Waals surface area contributed by atoms with Crippen molar-refractivity contribution in [2.75, 3.05) is 5.32 Å². The summed E-state index contributed by atoms with van der Waals surface area (Å²) in [6, 6.07) is 18.6. The molecule has 31 heavy (non-hydrogen) atoms. The summed E-state index contributed by atoms with van der Waals surface area (Å²) in [6.07, 6.45) is 6.43. The lowest BCUT2D eigenvalue weighted by atomic mass is 10.1. The van der Waals surface area contributed by atoms with Crippen molar-refractivity contribution in [3.8, 4) is 22.8 Å². The van der Waals surface area contributed by atoms with Crippen LogP contribution in [0.3, 0.4) is 0 Å². The number of benzene rings is 2. The van der Waals surface area contributed by atoms with Crippen LogP contribution in [0.5, 0.6) is 11.5 Å². The molecule has 2 aromatic carbocycles. The van der Waals surface area contributed by atoms with E-state index < -0.39 is 0 Å². The average Bonchev–Trinajstić information content (AvgIpc) is 3.43. The highest BCUT2D eigenvalue weighted by atomic mass is 16.5. The van der Waals surface area contributed by atoms with E-state index in [-0.39, 0.29) is 6.04 Å². The van der Waals surface area contributed by atoms with Crippen molar-refractivity contribution in [2.45, 2.75) is 51.6 Å². The second kappa shape index (κ2) is 8.38. The fourth-order valence-corrected chi connectivity index (χ4v) is 4.27. The first-order valence-electron chi connectivity index (χ1n) is 11.0. The molecule has 0 saturated heterocycles. The summed E-state index contributed by atoms with van der Waals surface area (Å²) in [5, 5.41) is 9.52. The molecule has 1 N–H and O–H groups in total. The fraction of sp³-hybridized carbons (Fsp3) is 0.320. The Kier molecular flexibility index (Phi) is 5.28. The first-order valence-corrected chi connectivity index (χ1v) is 11.0. The SMILES string of the molecule is CC(C)Nc1ncnc2c1c(-c1ccc(Oc3ccccc3)cc1)nn2C1CCCC1. The summed E-state index contributed by atoms with van der Waals surface area (Å²) < 4.78 is 8.08. The third-order valence-corrected chi connectivity index (χ3v) is 5.69. The first kappa shape index (κ1) is 19.5. The van der Waals surface area contributed by atoms with E-state index >= 15 is 0 Å². The standard InChI is InChI=1S/C25H27N5O/c1-17(2)28-24-22-23(29-30(19-8-6-7-9-19)25(22)27-16-26-24)18-12-14-21(15-13-18)31-20-10-4-3-5-11-20/h3-5,10-17,19H,6-9H2,1-2H3,(H,26,27,28). The Labute approximate surface area is 182 Å². The van der Waals surface area contributed by atoms with Crippen LogP contribution in [0.2, 0.25) is 0 Å². The third kappa shape index (κ3) is 3.98. The maximum absolute atomic E-state index is 5.96. The van der Waals surface area contributed by atoms with Crippen LogP contribution in [0.4, 0.5) is 5.82 Å². The van der Waals surface area contributed by atoms with Crippen molar-refractivity contribution < 1.29 is 4.74 Å². The number of ether oxygens (including phenoxy) is 1. The Morgan fingerprint density at radius 1 is 0.935 bits per heavy atom. The lowest BCUT2D eigenvalue weighted by Crippen LogP contribution is -2.12. The van der Waals surface area contributed by atoms with Crippen LogP contribution in [0.1, 0.15) is 45.6 Å². The van der Waals surface area contributed by atoms with Gasteiger partial charge in [0, 0.05) is 11.6 Å². The van der Waals surface area contributed by atoms with E-state index in [0.717, 1.165) is 52.4 Å². The molecule has 158 valence electrons. The van der Waals surface area contributed by atoms with Gasteiger partial charge in [0.05, 0.1) is 11.4 Å². The normalized spacial score (nSPS) is 14.4. The zero-order valence-corrected chi connectivity index (χ0v) is 18.0. The highest BCUT2D eigenvalue weighted by Crippen LogP contribution is 2.37. The summed E-state index contributed by atoms with van der Waals surface area (Å²) in [5.74, 6) is 2.46. The van der Waals surface area contributed by atoms with Gasteiger partial charge in [-0.15, -0.1) is 0 Å². The zero-order valence-electron chi connectivity index (χ0n) is 18.0. The number of fused-ring (bicyclic) bond motifs is 1. The van der Waals surface area contributed by atoms with Crippen LogP contribution in [-0.2, 0) is 0 Å². The van der Waals surface area contributed by atoms with E-state index in [9.17, 15) is 0 Å². The van der Waals surface area contributed by atoms with Gasteiger partial charge in [0.1, 0.15) is 29.3 Å². The van der Waals surface area contributed by atoms with E-state index in [2.05, 4.69) is 45.9 Å². The van der Waals surface area contributed by atoms with Crippen molar-refractivity contribution >= 4 is 16.9 Å². The minimum absolute atomic E-state index is 0.266. The van der Waals surface area contributed by atoms with Crippen molar-refractivity contribution in [1.29, 1.82) is 0 Å². The Bertz CT molecular complexity index is 1160. The molecular formula is C25H27N5O. The number of nitrogens with zero attached hydrogens (tertiary/aromatic N) is 4. The molecule has 0 amide bonds. The Morgan fingerprint density at radius 3 is 2.35 bits per heavy atom. The van der Waals surface area contributed by atoms with Crippen molar-refractivity contribution in [3.63, 3.8) is 0 Å². The van der Waals surface area contributed by atoms with Crippen LogP contribution in [-0.4, -0.2) is 25.8 Å². The van der Waals surface area contributed by atoms with Gasteiger partial charge < -0.3 is 10.1 Å². The van der Waals surface area contributed by atoms with E-state index in [0.29, 0.717) is 6.04 Å². The topological polar surface area (TPSA) is 64.9 Å². The van der Waals surface area contributed by atoms with E-state index in [1.165, 1.54) is 12.8 Å². The Morgan fingerprint density at radius 2 is 1.65 bits per heavy atom. The molecule has 6 heteroatoms. The van der Waals surface area contributed by atoms with Gasteiger partial charge in [0.2, 0.25) is 0 Å². The van der Waals surface area contributed by atoms with Crippen LogP contribution in [0.15, 0.2) is 60.9 Å². The van der Waals surface area contributed by atoms with Gasteiger partial charge in [-0.05, 0) is 63.1 Å². The molecule has 0 spiro atoms. The number of para-hydroxylation sites is 1. The maximum atomic E-state index is 5.96. The van der Waals surface area contributed by atoms with Crippen LogP contribution in [0, 0.1) is 0 Å². The lowest BCUT2D eigenvalue weighted by Gasteiger charge is -2.12. The quantitative estimate of drug-likeness (QED) is 0.406. The van der Waals surface area contributed by atoms with Gasteiger partial charge in [-0.1, -0.05) is 31.0 Å². The van der Waals surface area contributed by atoms with Gasteiger partial charge in [-0.2, -0.15) is 5.10 Å². The minimum atomic E-state index is 0.266. The molecule has 0 atom stereocenters. The van der Waals surface area contributed by atoms with Crippen molar-refractivity contribution in [2.24, 2.45) is 0 Å². The summed E-state index contributed by atoms with van der Waals surface area (Å²) in [6.45, 7) is 4.23. The summed E-state index contributed by atoms with van der Waals surface area (Å²) in [4.78, 5) is 9.18. The molecule has 2 heterocycles. The first-order chi connectivity index (χ1) is 15.2. The summed E-state index contributed by atoms with van der Waals surface area (Å²) >= 11 is 0. The van der Waals surface area contributed by atoms with Gasteiger partial charge in [-0.3, -0.25) is 0 Å². The van der Waals surface area contributed by atoms with Crippen molar-refractivity contribution in [1.82, 2.24) is 19.7 Å². The Balaban J connectivity index is 1.56. The molecule has 4 aromatic rings. The minimum Gasteiger partial charge on any atom is -0.457 e. The summed E-state index contributed by atoms with van der Waals surface area (Å²) in [5.41, 5.74) is 2.85. The molecule has 1 aliphatic carbocycles. The van der Waals surface area contributed by atoms with Crippen LogP contribution >= 0.6 is 0 Å². The second-order valence-corrected chi connectivity index (χ2v) is 8.39. The second-order valence-electron chi connectivity index (χ2n) is 8.39. The number of hydrogen-bond acceptors (Lipinski definition) is 5. The smallest absolute Gasteiger partial charge is 0.164 e. The van der Waals surface area contributed by atoms with Gasteiger partial charge in [-0.25, -0.2) is 14.6 Å².